The summed E-state index contributed by atoms with van der Waals surface area (Å²) >= 11 is 6.06. The zero-order valence-corrected chi connectivity index (χ0v) is 14.7. The monoisotopic (exact) mass is 362 g/mol. The summed E-state index contributed by atoms with van der Waals surface area (Å²) < 4.78 is 9.80. The molecule has 2 aromatic rings. The molecule has 2 aromatic carbocycles. The number of hydrogen-bond acceptors (Lipinski definition) is 5. The molecule has 0 aliphatic rings. The molecule has 0 aliphatic heterocycles. The third-order valence-electron chi connectivity index (χ3n) is 3.41. The Bertz CT molecular complexity index is 764. The molecule has 6 nitrogen and oxygen atoms in total. The summed E-state index contributed by atoms with van der Waals surface area (Å²) in [6, 6.07) is 12.0. The summed E-state index contributed by atoms with van der Waals surface area (Å²) in [5, 5.41) is 6.19. The van der Waals surface area contributed by atoms with Gasteiger partial charge in [0.2, 0.25) is 5.91 Å². The minimum Gasteiger partial charge on any atom is -0.497 e. The highest BCUT2D eigenvalue weighted by molar-refractivity contribution is 6.33. The van der Waals surface area contributed by atoms with Crippen LogP contribution < -0.4 is 15.4 Å². The van der Waals surface area contributed by atoms with Crippen LogP contribution in [0.4, 0.5) is 11.4 Å². The van der Waals surface area contributed by atoms with Gasteiger partial charge in [0, 0.05) is 24.7 Å². The van der Waals surface area contributed by atoms with Gasteiger partial charge in [0.1, 0.15) is 5.75 Å². The van der Waals surface area contributed by atoms with Crippen molar-refractivity contribution in [1.82, 2.24) is 0 Å². The molecule has 25 heavy (non-hydrogen) atoms. The van der Waals surface area contributed by atoms with Crippen molar-refractivity contribution in [3.8, 4) is 5.75 Å². The van der Waals surface area contributed by atoms with Gasteiger partial charge in [0.25, 0.3) is 0 Å². The highest BCUT2D eigenvalue weighted by Gasteiger charge is 2.11. The summed E-state index contributed by atoms with van der Waals surface area (Å²) in [6.07, 6.45) is 0.232. The lowest BCUT2D eigenvalue weighted by Gasteiger charge is -2.10. The summed E-state index contributed by atoms with van der Waals surface area (Å²) in [5.41, 5.74) is 1.55. The largest absolute Gasteiger partial charge is 0.497 e. The quantitative estimate of drug-likeness (QED) is 0.736. The molecule has 0 saturated carbocycles. The standard InChI is InChI=1S/C18H19ClN2O4/c1-24-14-5-3-4-13(11-14)20-9-8-17(22)21-16-10-12(18(23)25-2)6-7-15(16)19/h3-7,10-11,20H,8-9H2,1-2H3,(H,21,22). The Balaban J connectivity index is 1.90. The smallest absolute Gasteiger partial charge is 0.337 e. The van der Waals surface area contributed by atoms with E-state index in [0.717, 1.165) is 11.4 Å². The third kappa shape index (κ3) is 5.39. The Morgan fingerprint density at radius 1 is 1.12 bits per heavy atom. The van der Waals surface area contributed by atoms with Crippen LogP contribution in [0.15, 0.2) is 42.5 Å². The lowest BCUT2D eigenvalue weighted by molar-refractivity contribution is -0.115. The first-order valence-electron chi connectivity index (χ1n) is 7.59. The van der Waals surface area contributed by atoms with Crippen LogP contribution in [0.2, 0.25) is 5.02 Å². The summed E-state index contributed by atoms with van der Waals surface area (Å²) in [7, 11) is 2.89. The maximum atomic E-state index is 12.1. The third-order valence-corrected chi connectivity index (χ3v) is 3.74. The lowest BCUT2D eigenvalue weighted by Crippen LogP contribution is -2.17. The first-order chi connectivity index (χ1) is 12.0. The molecule has 0 radical (unpaired) electrons. The van der Waals surface area contributed by atoms with E-state index in [2.05, 4.69) is 15.4 Å². The molecule has 7 heteroatoms. The van der Waals surface area contributed by atoms with Gasteiger partial charge in [-0.25, -0.2) is 4.79 Å². The molecule has 0 aromatic heterocycles. The number of hydrogen-bond donors (Lipinski definition) is 2. The van der Waals surface area contributed by atoms with Gasteiger partial charge in [-0.2, -0.15) is 0 Å². The van der Waals surface area contributed by atoms with Crippen molar-refractivity contribution in [1.29, 1.82) is 0 Å². The first kappa shape index (κ1) is 18.6. The van der Waals surface area contributed by atoms with E-state index < -0.39 is 5.97 Å². The molecule has 2 N–H and O–H groups in total. The Labute approximate surface area is 151 Å². The molecule has 0 unspecified atom stereocenters. The lowest BCUT2D eigenvalue weighted by atomic mass is 10.2. The fourth-order valence-corrected chi connectivity index (χ4v) is 2.30. The van der Waals surface area contributed by atoms with Gasteiger partial charge in [-0.3, -0.25) is 4.79 Å². The normalized spacial score (nSPS) is 10.0. The Kier molecular flexibility index (Phi) is 6.65. The topological polar surface area (TPSA) is 76.7 Å². The zero-order valence-electron chi connectivity index (χ0n) is 14.0. The van der Waals surface area contributed by atoms with Crippen LogP contribution in [0.1, 0.15) is 16.8 Å². The van der Waals surface area contributed by atoms with E-state index in [9.17, 15) is 9.59 Å². The van der Waals surface area contributed by atoms with E-state index in [1.165, 1.54) is 25.3 Å². The highest BCUT2D eigenvalue weighted by Crippen LogP contribution is 2.23. The predicted molar refractivity (Wildman–Crippen MR) is 97.5 cm³/mol. The Hall–Kier alpha value is -2.73. The maximum absolute atomic E-state index is 12.1. The molecule has 132 valence electrons. The van der Waals surface area contributed by atoms with Gasteiger partial charge < -0.3 is 20.1 Å². The number of anilines is 2. The number of halogens is 1. The number of esters is 1. The number of carbonyl (C=O) groups is 2. The molecule has 0 fully saturated rings. The van der Waals surface area contributed by atoms with Crippen molar-refractivity contribution in [2.45, 2.75) is 6.42 Å². The number of nitrogens with one attached hydrogen (secondary N) is 2. The number of amides is 1. The van der Waals surface area contributed by atoms with Gasteiger partial charge in [-0.15, -0.1) is 0 Å². The van der Waals surface area contributed by atoms with E-state index >= 15 is 0 Å². The van der Waals surface area contributed by atoms with Crippen molar-refractivity contribution < 1.29 is 19.1 Å². The van der Waals surface area contributed by atoms with Crippen molar-refractivity contribution >= 4 is 34.9 Å². The number of rotatable bonds is 7. The number of carbonyl (C=O) groups excluding carboxylic acids is 2. The number of ether oxygens (including phenoxy) is 2. The molecule has 0 atom stereocenters. The minimum atomic E-state index is -0.494. The molecular formula is C18H19ClN2O4. The van der Waals surface area contributed by atoms with E-state index in [4.69, 9.17) is 16.3 Å². The van der Waals surface area contributed by atoms with Gasteiger partial charge in [0.15, 0.2) is 0 Å². The molecule has 1 amide bonds. The SMILES string of the molecule is COC(=O)c1ccc(Cl)c(NC(=O)CCNc2cccc(OC)c2)c1. The van der Waals surface area contributed by atoms with E-state index in [1.807, 2.05) is 24.3 Å². The summed E-state index contributed by atoms with van der Waals surface area (Å²) in [4.78, 5) is 23.6. The summed E-state index contributed by atoms with van der Waals surface area (Å²) in [5.74, 6) is 0.0204. The van der Waals surface area contributed by atoms with Gasteiger partial charge in [-0.05, 0) is 30.3 Å². The predicted octanol–water partition coefficient (Wildman–Crippen LogP) is 3.58. The molecule has 0 saturated heterocycles. The Morgan fingerprint density at radius 3 is 2.64 bits per heavy atom. The van der Waals surface area contributed by atoms with Crippen LogP contribution >= 0.6 is 11.6 Å². The second-order valence-corrected chi connectivity index (χ2v) is 5.55. The number of benzene rings is 2. The zero-order chi connectivity index (χ0) is 18.2. The van der Waals surface area contributed by atoms with E-state index in [1.54, 1.807) is 7.11 Å². The molecule has 0 heterocycles. The summed E-state index contributed by atoms with van der Waals surface area (Å²) in [6.45, 7) is 0.438. The van der Waals surface area contributed by atoms with Crippen LogP contribution in [0.5, 0.6) is 5.75 Å². The fourth-order valence-electron chi connectivity index (χ4n) is 2.13. The second-order valence-electron chi connectivity index (χ2n) is 5.14. The van der Waals surface area contributed by atoms with Crippen LogP contribution in [0.25, 0.3) is 0 Å². The van der Waals surface area contributed by atoms with E-state index in [-0.39, 0.29) is 12.3 Å². The van der Waals surface area contributed by atoms with E-state index in [0.29, 0.717) is 22.8 Å². The first-order valence-corrected chi connectivity index (χ1v) is 7.97. The van der Waals surface area contributed by atoms with Gasteiger partial charge >= 0.3 is 5.97 Å². The van der Waals surface area contributed by atoms with Crippen molar-refractivity contribution in [2.24, 2.45) is 0 Å². The van der Waals surface area contributed by atoms with Crippen LogP contribution in [-0.4, -0.2) is 32.6 Å². The Morgan fingerprint density at radius 2 is 1.92 bits per heavy atom. The average Bonchev–Trinajstić information content (AvgIpc) is 2.63. The van der Waals surface area contributed by atoms with Gasteiger partial charge in [-0.1, -0.05) is 17.7 Å². The van der Waals surface area contributed by atoms with Crippen LogP contribution in [-0.2, 0) is 9.53 Å². The highest BCUT2D eigenvalue weighted by atomic mass is 35.5. The van der Waals surface area contributed by atoms with Gasteiger partial charge in [0.05, 0.1) is 30.5 Å². The molecule has 0 bridgehead atoms. The van der Waals surface area contributed by atoms with Crippen molar-refractivity contribution in [3.63, 3.8) is 0 Å². The number of methoxy groups -OCH3 is 2. The average molecular weight is 363 g/mol. The molecular weight excluding hydrogens is 344 g/mol. The molecule has 0 spiro atoms. The van der Waals surface area contributed by atoms with Crippen LogP contribution in [0, 0.1) is 0 Å². The minimum absolute atomic E-state index is 0.223. The maximum Gasteiger partial charge on any atom is 0.337 e. The fraction of sp³-hybridized carbons (Fsp3) is 0.222. The van der Waals surface area contributed by atoms with Crippen molar-refractivity contribution in [3.05, 3.63) is 53.1 Å². The molecule has 0 aliphatic carbocycles. The molecule has 2 rings (SSSR count). The van der Waals surface area contributed by atoms with Crippen LogP contribution in [0.3, 0.4) is 0 Å². The second kappa shape index (κ2) is 8.94. The van der Waals surface area contributed by atoms with Crippen molar-refractivity contribution in [2.75, 3.05) is 31.4 Å².